The Balaban J connectivity index is 4.02. The Hall–Kier alpha value is -0.610. The van der Waals surface area contributed by atoms with Crippen LogP contribution in [-0.2, 0) is 14.3 Å². The van der Waals surface area contributed by atoms with Crippen LogP contribution in [0, 0.1) is 0 Å². The smallest absolute Gasteiger partial charge is 0.337 e. The van der Waals surface area contributed by atoms with E-state index in [1.807, 2.05) is 0 Å². The second kappa shape index (κ2) is 4.42. The molecule has 0 aromatic heterocycles. The molecule has 0 radical (unpaired) electrons. The molecule has 0 amide bonds. The first-order valence-electron chi connectivity index (χ1n) is 3.86. The van der Waals surface area contributed by atoms with Crippen LogP contribution in [0.2, 0.25) is 0 Å². The molecule has 4 nitrogen and oxygen atoms in total. The van der Waals surface area contributed by atoms with E-state index in [2.05, 4.69) is 0 Å². The van der Waals surface area contributed by atoms with E-state index >= 15 is 0 Å². The third-order valence-electron chi connectivity index (χ3n) is 1.17. The monoisotopic (exact) mass is 175 g/mol. The van der Waals surface area contributed by atoms with Crippen molar-refractivity contribution in [2.75, 3.05) is 13.7 Å². The van der Waals surface area contributed by atoms with Crippen LogP contribution in [0.1, 0.15) is 20.8 Å². The molecule has 0 aliphatic rings. The van der Waals surface area contributed by atoms with Gasteiger partial charge in [-0.25, -0.2) is 4.79 Å². The summed E-state index contributed by atoms with van der Waals surface area (Å²) in [5, 5.41) is 0. The first-order chi connectivity index (χ1) is 5.40. The summed E-state index contributed by atoms with van der Waals surface area (Å²) in [4.78, 5) is 11.2. The number of hydrogen-bond donors (Lipinski definition) is 1. The zero-order chi connectivity index (χ0) is 9.78. The molecule has 0 aromatic rings. The minimum atomic E-state index is -0.649. The molecular weight excluding hydrogens is 158 g/mol. The van der Waals surface area contributed by atoms with E-state index in [-0.39, 0.29) is 6.54 Å². The van der Waals surface area contributed by atoms with E-state index in [4.69, 9.17) is 15.2 Å². The van der Waals surface area contributed by atoms with Crippen molar-refractivity contribution in [1.29, 1.82) is 0 Å². The molecule has 1 atom stereocenters. The molecule has 0 saturated carbocycles. The summed E-state index contributed by atoms with van der Waals surface area (Å²) >= 11 is 0. The summed E-state index contributed by atoms with van der Waals surface area (Å²) in [7, 11) is 1.43. The Morgan fingerprint density at radius 3 is 2.25 bits per heavy atom. The van der Waals surface area contributed by atoms with Crippen LogP contribution in [0.25, 0.3) is 0 Å². The predicted octanol–water partition coefficient (Wildman–Crippen LogP) is 0.302. The summed E-state index contributed by atoms with van der Waals surface area (Å²) in [6.45, 7) is 5.54. The van der Waals surface area contributed by atoms with Crippen LogP contribution in [0.15, 0.2) is 0 Å². The normalized spacial score (nSPS) is 14.1. The van der Waals surface area contributed by atoms with Gasteiger partial charge in [0.15, 0.2) is 6.10 Å². The quantitative estimate of drug-likeness (QED) is 0.627. The predicted molar refractivity (Wildman–Crippen MR) is 45.7 cm³/mol. The van der Waals surface area contributed by atoms with Crippen molar-refractivity contribution in [2.24, 2.45) is 5.73 Å². The lowest BCUT2D eigenvalue weighted by Crippen LogP contribution is -2.37. The third kappa shape index (κ3) is 4.31. The van der Waals surface area contributed by atoms with Crippen molar-refractivity contribution < 1.29 is 14.3 Å². The lowest BCUT2D eigenvalue weighted by molar-refractivity contribution is -0.166. The van der Waals surface area contributed by atoms with Crippen LogP contribution in [0.3, 0.4) is 0 Å². The zero-order valence-corrected chi connectivity index (χ0v) is 8.09. The van der Waals surface area contributed by atoms with Gasteiger partial charge in [-0.3, -0.25) is 0 Å². The fourth-order valence-corrected chi connectivity index (χ4v) is 0.656. The average Bonchev–Trinajstić information content (AvgIpc) is 1.85. The number of hydrogen-bond acceptors (Lipinski definition) is 4. The van der Waals surface area contributed by atoms with Gasteiger partial charge >= 0.3 is 5.97 Å². The summed E-state index contributed by atoms with van der Waals surface area (Å²) in [5.74, 6) is -0.410. The topological polar surface area (TPSA) is 61.5 Å². The molecule has 0 aliphatic carbocycles. The SMILES string of the molecule is COC(CN)C(=O)OC(C)(C)C. The Labute approximate surface area is 73.0 Å². The van der Waals surface area contributed by atoms with Gasteiger partial charge in [-0.15, -0.1) is 0 Å². The van der Waals surface area contributed by atoms with Crippen LogP contribution in [0.5, 0.6) is 0 Å². The Bertz CT molecular complexity index is 147. The second-order valence-corrected chi connectivity index (χ2v) is 3.49. The van der Waals surface area contributed by atoms with E-state index < -0.39 is 17.7 Å². The molecule has 0 fully saturated rings. The molecule has 0 bridgehead atoms. The van der Waals surface area contributed by atoms with E-state index in [1.54, 1.807) is 20.8 Å². The maximum absolute atomic E-state index is 11.2. The van der Waals surface area contributed by atoms with Gasteiger partial charge in [0, 0.05) is 13.7 Å². The Kier molecular flexibility index (Phi) is 4.20. The van der Waals surface area contributed by atoms with Gasteiger partial charge in [0.1, 0.15) is 5.60 Å². The fraction of sp³-hybridized carbons (Fsp3) is 0.875. The molecule has 0 heterocycles. The largest absolute Gasteiger partial charge is 0.458 e. The van der Waals surface area contributed by atoms with Crippen LogP contribution < -0.4 is 5.73 Å². The molecule has 4 heteroatoms. The highest BCUT2D eigenvalue weighted by atomic mass is 16.6. The molecule has 0 aliphatic heterocycles. The summed E-state index contributed by atoms with van der Waals surface area (Å²) in [6, 6.07) is 0. The van der Waals surface area contributed by atoms with Crippen LogP contribution in [-0.4, -0.2) is 31.3 Å². The maximum Gasteiger partial charge on any atom is 0.337 e. The van der Waals surface area contributed by atoms with Gasteiger partial charge in [0.2, 0.25) is 0 Å². The Morgan fingerprint density at radius 1 is 1.50 bits per heavy atom. The van der Waals surface area contributed by atoms with Gasteiger partial charge < -0.3 is 15.2 Å². The summed E-state index contributed by atoms with van der Waals surface area (Å²) in [5.41, 5.74) is 4.79. The molecule has 0 spiro atoms. The van der Waals surface area contributed by atoms with Gasteiger partial charge in [-0.2, -0.15) is 0 Å². The van der Waals surface area contributed by atoms with Crippen molar-refractivity contribution in [3.8, 4) is 0 Å². The summed E-state index contributed by atoms with van der Waals surface area (Å²) < 4.78 is 9.85. The summed E-state index contributed by atoms with van der Waals surface area (Å²) in [6.07, 6.45) is -0.649. The minimum Gasteiger partial charge on any atom is -0.458 e. The number of nitrogens with two attached hydrogens (primary N) is 1. The van der Waals surface area contributed by atoms with Crippen molar-refractivity contribution in [2.45, 2.75) is 32.5 Å². The van der Waals surface area contributed by atoms with Gasteiger partial charge in [0.25, 0.3) is 0 Å². The third-order valence-corrected chi connectivity index (χ3v) is 1.17. The molecular formula is C8H17NO3. The van der Waals surface area contributed by atoms with E-state index in [9.17, 15) is 4.79 Å². The maximum atomic E-state index is 11.2. The molecule has 0 aromatic carbocycles. The lowest BCUT2D eigenvalue weighted by atomic mass is 10.2. The number of carbonyl (C=O) groups is 1. The van der Waals surface area contributed by atoms with Gasteiger partial charge in [-0.1, -0.05) is 0 Å². The average molecular weight is 175 g/mol. The highest BCUT2D eigenvalue weighted by Gasteiger charge is 2.23. The Morgan fingerprint density at radius 2 is 2.00 bits per heavy atom. The standard InChI is InChI=1S/C8H17NO3/c1-8(2,3)12-7(10)6(5-9)11-4/h6H,5,9H2,1-4H3. The van der Waals surface area contributed by atoms with E-state index in [0.29, 0.717) is 0 Å². The zero-order valence-electron chi connectivity index (χ0n) is 8.09. The molecule has 72 valence electrons. The van der Waals surface area contributed by atoms with Gasteiger partial charge in [-0.05, 0) is 20.8 Å². The first kappa shape index (κ1) is 11.4. The number of esters is 1. The number of rotatable bonds is 3. The van der Waals surface area contributed by atoms with Crippen molar-refractivity contribution >= 4 is 5.97 Å². The van der Waals surface area contributed by atoms with Crippen molar-refractivity contribution in [3.05, 3.63) is 0 Å². The lowest BCUT2D eigenvalue weighted by Gasteiger charge is -2.22. The molecule has 0 rings (SSSR count). The number of methoxy groups -OCH3 is 1. The minimum absolute atomic E-state index is 0.144. The first-order valence-corrected chi connectivity index (χ1v) is 3.86. The fourth-order valence-electron chi connectivity index (χ4n) is 0.656. The molecule has 2 N–H and O–H groups in total. The second-order valence-electron chi connectivity index (χ2n) is 3.49. The highest BCUT2D eigenvalue weighted by Crippen LogP contribution is 2.08. The van der Waals surface area contributed by atoms with Crippen molar-refractivity contribution in [3.63, 3.8) is 0 Å². The van der Waals surface area contributed by atoms with Crippen LogP contribution >= 0.6 is 0 Å². The molecule has 12 heavy (non-hydrogen) atoms. The number of carbonyl (C=O) groups excluding carboxylic acids is 1. The van der Waals surface area contributed by atoms with Crippen LogP contribution in [0.4, 0.5) is 0 Å². The molecule has 1 unspecified atom stereocenters. The van der Waals surface area contributed by atoms with Gasteiger partial charge in [0.05, 0.1) is 0 Å². The van der Waals surface area contributed by atoms with E-state index in [1.165, 1.54) is 7.11 Å². The molecule has 0 saturated heterocycles. The van der Waals surface area contributed by atoms with Crippen molar-refractivity contribution in [1.82, 2.24) is 0 Å². The van der Waals surface area contributed by atoms with E-state index in [0.717, 1.165) is 0 Å². The number of ether oxygens (including phenoxy) is 2. The highest BCUT2D eigenvalue weighted by molar-refractivity contribution is 5.75.